The van der Waals surface area contributed by atoms with Crippen LogP contribution in [0, 0.1) is 0 Å². The molecule has 128 valence electrons. The summed E-state index contributed by atoms with van der Waals surface area (Å²) in [6, 6.07) is 1.51. The van der Waals surface area contributed by atoms with E-state index in [-0.39, 0.29) is 26.9 Å². The van der Waals surface area contributed by atoms with Gasteiger partial charge in [0.15, 0.2) is 11.5 Å². The number of nitrogens with zero attached hydrogens (tertiary/aromatic N) is 4. The van der Waals surface area contributed by atoms with Gasteiger partial charge in [-0.1, -0.05) is 11.3 Å². The van der Waals surface area contributed by atoms with Gasteiger partial charge in [-0.2, -0.15) is 0 Å². The number of amides is 1. The number of methoxy groups -OCH3 is 2. The fourth-order valence-corrected chi connectivity index (χ4v) is 3.22. The highest BCUT2D eigenvalue weighted by atomic mass is 32.1. The maximum atomic E-state index is 12.2. The van der Waals surface area contributed by atoms with Gasteiger partial charge < -0.3 is 15.2 Å². The van der Waals surface area contributed by atoms with Gasteiger partial charge in [-0.3, -0.25) is 14.2 Å². The number of ether oxygens (including phenoxy) is 2. The molecule has 0 spiro atoms. The molecule has 0 aliphatic rings. The van der Waals surface area contributed by atoms with E-state index in [9.17, 15) is 14.4 Å². The van der Waals surface area contributed by atoms with Gasteiger partial charge in [-0.15, -0.1) is 10.2 Å². The quantitative estimate of drug-likeness (QED) is 0.664. The van der Waals surface area contributed by atoms with Gasteiger partial charge in [0.1, 0.15) is 4.88 Å². The lowest BCUT2D eigenvalue weighted by atomic mass is 10.1. The molecule has 3 aromatic heterocycles. The average Bonchev–Trinajstić information content (AvgIpc) is 3.19. The Labute approximate surface area is 144 Å². The second-order valence-corrected chi connectivity index (χ2v) is 5.67. The summed E-state index contributed by atoms with van der Waals surface area (Å²) in [5, 5.41) is 7.95. The summed E-state index contributed by atoms with van der Waals surface area (Å²) in [5.41, 5.74) is 5.68. The number of rotatable bonds is 4. The number of aromatic nitrogens is 4. The SMILES string of the molecule is COC(=O)c1sc2nnc(-c3ccncc3C(N)=O)n2c1C(=O)OC. The predicted molar refractivity (Wildman–Crippen MR) is 85.3 cm³/mol. The first-order valence-electron chi connectivity index (χ1n) is 6.78. The molecule has 0 saturated heterocycles. The molecule has 0 unspecified atom stereocenters. The summed E-state index contributed by atoms with van der Waals surface area (Å²) < 4.78 is 10.8. The molecule has 0 saturated carbocycles. The van der Waals surface area contributed by atoms with Crippen LogP contribution in [0.5, 0.6) is 0 Å². The highest BCUT2D eigenvalue weighted by Crippen LogP contribution is 2.30. The summed E-state index contributed by atoms with van der Waals surface area (Å²) >= 11 is 0.912. The van der Waals surface area contributed by atoms with E-state index < -0.39 is 17.8 Å². The molecule has 25 heavy (non-hydrogen) atoms. The Morgan fingerprint density at radius 1 is 1.16 bits per heavy atom. The molecule has 0 radical (unpaired) electrons. The Balaban J connectivity index is 2.36. The van der Waals surface area contributed by atoms with Gasteiger partial charge >= 0.3 is 11.9 Å². The maximum absolute atomic E-state index is 12.2. The van der Waals surface area contributed by atoms with E-state index in [1.165, 1.54) is 37.1 Å². The monoisotopic (exact) mass is 361 g/mol. The molecular formula is C14H11N5O5S. The van der Waals surface area contributed by atoms with E-state index in [0.29, 0.717) is 5.56 Å². The fraction of sp³-hybridized carbons (Fsp3) is 0.143. The third-order valence-corrected chi connectivity index (χ3v) is 4.35. The number of fused-ring (bicyclic) bond motifs is 1. The molecule has 0 bridgehead atoms. The van der Waals surface area contributed by atoms with Gasteiger partial charge in [0.2, 0.25) is 4.96 Å². The zero-order valence-electron chi connectivity index (χ0n) is 13.0. The third kappa shape index (κ3) is 2.59. The standard InChI is InChI=1S/C14H11N5O5S/c1-23-12(21)8-9(13(22)24-2)25-14-18-17-11(19(8)14)6-3-4-16-5-7(6)10(15)20/h3-5H,1-2H3,(H2,15,20). The highest BCUT2D eigenvalue weighted by Gasteiger charge is 2.29. The molecule has 0 aliphatic carbocycles. The topological polar surface area (TPSA) is 139 Å². The first-order valence-corrected chi connectivity index (χ1v) is 7.60. The summed E-state index contributed by atoms with van der Waals surface area (Å²) in [5.74, 6) is -2.06. The Morgan fingerprint density at radius 2 is 1.88 bits per heavy atom. The van der Waals surface area contributed by atoms with E-state index in [4.69, 9.17) is 15.2 Å². The number of pyridine rings is 1. The fourth-order valence-electron chi connectivity index (χ4n) is 2.25. The number of esters is 2. The van der Waals surface area contributed by atoms with Crippen molar-refractivity contribution in [1.29, 1.82) is 0 Å². The van der Waals surface area contributed by atoms with Gasteiger partial charge in [0, 0.05) is 18.0 Å². The molecule has 3 heterocycles. The lowest BCUT2D eigenvalue weighted by Crippen LogP contribution is -2.15. The number of primary amides is 1. The molecule has 0 fully saturated rings. The molecule has 3 aromatic rings. The Morgan fingerprint density at radius 3 is 2.52 bits per heavy atom. The first-order chi connectivity index (χ1) is 12.0. The summed E-state index contributed by atoms with van der Waals surface area (Å²) in [6.45, 7) is 0. The van der Waals surface area contributed by atoms with Crippen LogP contribution in [0.15, 0.2) is 18.5 Å². The normalized spacial score (nSPS) is 10.6. The van der Waals surface area contributed by atoms with Crippen molar-refractivity contribution in [3.8, 4) is 11.4 Å². The molecule has 3 rings (SSSR count). The second-order valence-electron chi connectivity index (χ2n) is 4.69. The van der Waals surface area contributed by atoms with Crippen molar-refractivity contribution in [3.05, 3.63) is 34.6 Å². The van der Waals surface area contributed by atoms with Crippen molar-refractivity contribution in [2.24, 2.45) is 5.73 Å². The van der Waals surface area contributed by atoms with Gasteiger partial charge in [0.05, 0.1) is 19.8 Å². The van der Waals surface area contributed by atoms with Crippen molar-refractivity contribution in [2.75, 3.05) is 14.2 Å². The van der Waals surface area contributed by atoms with Crippen LogP contribution < -0.4 is 5.73 Å². The number of carbonyl (C=O) groups is 3. The minimum atomic E-state index is -0.776. The van der Waals surface area contributed by atoms with Crippen LogP contribution in [0.2, 0.25) is 0 Å². The van der Waals surface area contributed by atoms with E-state index >= 15 is 0 Å². The smallest absolute Gasteiger partial charge is 0.356 e. The highest BCUT2D eigenvalue weighted by molar-refractivity contribution is 7.19. The van der Waals surface area contributed by atoms with E-state index in [1.807, 2.05) is 0 Å². The molecule has 11 heteroatoms. The van der Waals surface area contributed by atoms with Crippen molar-refractivity contribution < 1.29 is 23.9 Å². The molecule has 2 N–H and O–H groups in total. The van der Waals surface area contributed by atoms with Crippen LogP contribution in [0.4, 0.5) is 0 Å². The minimum Gasteiger partial charge on any atom is -0.465 e. The van der Waals surface area contributed by atoms with Crippen LogP contribution in [0.1, 0.15) is 30.5 Å². The average molecular weight is 361 g/mol. The van der Waals surface area contributed by atoms with Crippen molar-refractivity contribution in [1.82, 2.24) is 19.6 Å². The molecular weight excluding hydrogens is 350 g/mol. The van der Waals surface area contributed by atoms with Gasteiger partial charge in [-0.25, -0.2) is 9.59 Å². The lowest BCUT2D eigenvalue weighted by Gasteiger charge is -2.06. The van der Waals surface area contributed by atoms with Crippen molar-refractivity contribution in [3.63, 3.8) is 0 Å². The zero-order chi connectivity index (χ0) is 18.1. The van der Waals surface area contributed by atoms with Crippen LogP contribution in [-0.4, -0.2) is 51.6 Å². The Hall–Kier alpha value is -3.34. The number of hydrogen-bond acceptors (Lipinski definition) is 9. The lowest BCUT2D eigenvalue weighted by molar-refractivity contribution is 0.0553. The third-order valence-electron chi connectivity index (χ3n) is 3.34. The molecule has 10 nitrogen and oxygen atoms in total. The first kappa shape index (κ1) is 16.5. The van der Waals surface area contributed by atoms with Crippen molar-refractivity contribution >= 4 is 34.1 Å². The molecule has 0 aromatic carbocycles. The molecule has 0 atom stereocenters. The molecule has 1 amide bonds. The number of thiazole rings is 1. The summed E-state index contributed by atoms with van der Waals surface area (Å²) in [4.78, 5) is 40.0. The van der Waals surface area contributed by atoms with E-state index in [0.717, 1.165) is 11.3 Å². The van der Waals surface area contributed by atoms with Crippen molar-refractivity contribution in [2.45, 2.75) is 0 Å². The van der Waals surface area contributed by atoms with Crippen LogP contribution in [-0.2, 0) is 9.47 Å². The Bertz CT molecular complexity index is 1010. The van der Waals surface area contributed by atoms with Gasteiger partial charge in [-0.05, 0) is 6.07 Å². The number of carbonyl (C=O) groups excluding carboxylic acids is 3. The maximum Gasteiger partial charge on any atom is 0.356 e. The van der Waals surface area contributed by atoms with E-state index in [2.05, 4.69) is 15.2 Å². The summed E-state index contributed by atoms with van der Waals surface area (Å²) in [6.07, 6.45) is 2.72. The zero-order valence-corrected chi connectivity index (χ0v) is 13.9. The van der Waals surface area contributed by atoms with Crippen LogP contribution in [0.25, 0.3) is 16.3 Å². The predicted octanol–water partition coefficient (Wildman–Crippen LogP) is 0.525. The summed E-state index contributed by atoms with van der Waals surface area (Å²) in [7, 11) is 2.37. The van der Waals surface area contributed by atoms with Crippen LogP contribution in [0.3, 0.4) is 0 Å². The second kappa shape index (κ2) is 6.28. The minimum absolute atomic E-state index is 0.00943. The Kier molecular flexibility index (Phi) is 4.15. The van der Waals surface area contributed by atoms with Gasteiger partial charge in [0.25, 0.3) is 5.91 Å². The molecule has 0 aliphatic heterocycles. The largest absolute Gasteiger partial charge is 0.465 e. The number of hydrogen-bond donors (Lipinski definition) is 1. The van der Waals surface area contributed by atoms with Crippen LogP contribution >= 0.6 is 11.3 Å². The number of nitrogens with two attached hydrogens (primary N) is 1. The van der Waals surface area contributed by atoms with E-state index in [1.54, 1.807) is 0 Å².